The Morgan fingerprint density at radius 2 is 2.40 bits per heavy atom. The maximum atomic E-state index is 10.0. The molecule has 1 aromatic heterocycles. The lowest BCUT2D eigenvalue weighted by atomic mass is 10.4. The molecule has 0 aromatic carbocycles. The fourth-order valence-corrected chi connectivity index (χ4v) is 0.716. The maximum absolute atomic E-state index is 10.0. The summed E-state index contributed by atoms with van der Waals surface area (Å²) >= 11 is 0. The Balaban J connectivity index is 3.03. The first kappa shape index (κ1) is 6.74. The fraction of sp³-hybridized carbons (Fsp3) is 0.143. The molecule has 0 spiro atoms. The van der Waals surface area contributed by atoms with Crippen LogP contribution in [0.15, 0.2) is 24.4 Å². The van der Waals surface area contributed by atoms with Gasteiger partial charge in [-0.2, -0.15) is 0 Å². The molecule has 3 nitrogen and oxygen atoms in total. The van der Waals surface area contributed by atoms with Crippen LogP contribution in [0.3, 0.4) is 0 Å². The van der Waals surface area contributed by atoms with Crippen molar-refractivity contribution in [2.45, 2.75) is 6.54 Å². The van der Waals surface area contributed by atoms with E-state index in [4.69, 9.17) is 5.41 Å². The van der Waals surface area contributed by atoms with Crippen molar-refractivity contribution in [3.05, 3.63) is 29.9 Å². The number of carbonyl (C=O) groups is 1. The molecule has 0 amide bonds. The van der Waals surface area contributed by atoms with Crippen molar-refractivity contribution < 1.29 is 4.79 Å². The van der Waals surface area contributed by atoms with Gasteiger partial charge in [-0.3, -0.25) is 5.41 Å². The summed E-state index contributed by atoms with van der Waals surface area (Å²) in [6.07, 6.45) is 2.48. The molecule has 0 radical (unpaired) electrons. The molecule has 1 N–H and O–H groups in total. The third kappa shape index (κ3) is 1.31. The highest BCUT2D eigenvalue weighted by molar-refractivity contribution is 5.48. The highest BCUT2D eigenvalue weighted by Crippen LogP contribution is 1.77. The van der Waals surface area contributed by atoms with Gasteiger partial charge in [0.2, 0.25) is 0 Å². The first-order valence-corrected chi connectivity index (χ1v) is 2.98. The molecule has 0 aliphatic heterocycles. The summed E-state index contributed by atoms with van der Waals surface area (Å²) in [5.74, 6) is 0. The zero-order valence-corrected chi connectivity index (χ0v) is 5.45. The maximum Gasteiger partial charge on any atom is 0.139 e. The van der Waals surface area contributed by atoms with Crippen LogP contribution in [0.5, 0.6) is 0 Å². The average Bonchev–Trinajstić information content (AvgIpc) is 1.94. The molecule has 1 rings (SSSR count). The molecule has 0 atom stereocenters. The molecule has 1 aromatic rings. The molecule has 3 heteroatoms. The number of nitrogens with one attached hydrogen (secondary N) is 1. The molecule has 0 aliphatic carbocycles. The Bertz CT molecular complexity index is 277. The summed E-state index contributed by atoms with van der Waals surface area (Å²) in [4.78, 5) is 10.0. The van der Waals surface area contributed by atoms with Gasteiger partial charge in [0, 0.05) is 6.20 Å². The van der Waals surface area contributed by atoms with E-state index in [0.29, 0.717) is 5.49 Å². The summed E-state index contributed by atoms with van der Waals surface area (Å²) < 4.78 is 1.56. The van der Waals surface area contributed by atoms with Crippen LogP contribution in [0.1, 0.15) is 0 Å². The van der Waals surface area contributed by atoms with Crippen molar-refractivity contribution in [2.75, 3.05) is 0 Å². The molecule has 0 saturated heterocycles. The number of hydrogen-bond donors (Lipinski definition) is 1. The van der Waals surface area contributed by atoms with Gasteiger partial charge in [-0.05, 0) is 12.1 Å². The second kappa shape index (κ2) is 2.96. The fourth-order valence-electron chi connectivity index (χ4n) is 0.716. The minimum atomic E-state index is 0.264. The van der Waals surface area contributed by atoms with Crippen molar-refractivity contribution in [2.24, 2.45) is 0 Å². The van der Waals surface area contributed by atoms with Crippen molar-refractivity contribution in [3.8, 4) is 0 Å². The minimum absolute atomic E-state index is 0.264. The number of hydrogen-bond acceptors (Lipinski definition) is 2. The molecule has 0 unspecified atom stereocenters. The number of carbonyl (C=O) groups excluding carboxylic acids is 1. The second-order valence-corrected chi connectivity index (χ2v) is 1.90. The predicted molar refractivity (Wildman–Crippen MR) is 36.4 cm³/mol. The highest BCUT2D eigenvalue weighted by atomic mass is 16.1. The summed E-state index contributed by atoms with van der Waals surface area (Å²) in [5.41, 5.74) is 0.356. The second-order valence-electron chi connectivity index (χ2n) is 1.90. The van der Waals surface area contributed by atoms with Gasteiger partial charge in [0.1, 0.15) is 11.8 Å². The number of nitrogens with zero attached hydrogens (tertiary/aromatic N) is 1. The smallest absolute Gasteiger partial charge is 0.139 e. The standard InChI is InChI=1S/C7H8N2O/c8-7-3-1-2-4-9(7)5-6-10/h1-4,6,8H,5H2. The lowest BCUT2D eigenvalue weighted by molar-refractivity contribution is -0.108. The predicted octanol–water partition coefficient (Wildman–Crippen LogP) is 0.166. The topological polar surface area (TPSA) is 45.9 Å². The first-order valence-electron chi connectivity index (χ1n) is 2.98. The largest absolute Gasteiger partial charge is 0.326 e. The highest BCUT2D eigenvalue weighted by Gasteiger charge is 1.85. The van der Waals surface area contributed by atoms with E-state index in [0.717, 1.165) is 6.29 Å². The Morgan fingerprint density at radius 1 is 1.60 bits per heavy atom. The van der Waals surface area contributed by atoms with Gasteiger partial charge in [-0.15, -0.1) is 0 Å². The molecule has 0 fully saturated rings. The van der Waals surface area contributed by atoms with Gasteiger partial charge in [-0.25, -0.2) is 0 Å². The van der Waals surface area contributed by atoms with Crippen molar-refractivity contribution in [1.29, 1.82) is 5.41 Å². The van der Waals surface area contributed by atoms with Crippen LogP contribution in [0.25, 0.3) is 0 Å². The summed E-state index contributed by atoms with van der Waals surface area (Å²) in [6.45, 7) is 0.264. The molecule has 0 aliphatic rings. The number of rotatable bonds is 2. The van der Waals surface area contributed by atoms with E-state index < -0.39 is 0 Å². The van der Waals surface area contributed by atoms with E-state index >= 15 is 0 Å². The van der Waals surface area contributed by atoms with Crippen molar-refractivity contribution in [3.63, 3.8) is 0 Å². The Kier molecular flexibility index (Phi) is 1.99. The average molecular weight is 136 g/mol. The molecule has 0 bridgehead atoms. The van der Waals surface area contributed by atoms with Crippen LogP contribution in [-0.2, 0) is 11.3 Å². The van der Waals surface area contributed by atoms with Gasteiger partial charge >= 0.3 is 0 Å². The summed E-state index contributed by atoms with van der Waals surface area (Å²) in [6, 6.07) is 5.20. The van der Waals surface area contributed by atoms with E-state index in [2.05, 4.69) is 0 Å². The van der Waals surface area contributed by atoms with E-state index in [1.165, 1.54) is 0 Å². The number of pyridine rings is 1. The molecule has 10 heavy (non-hydrogen) atoms. The van der Waals surface area contributed by atoms with Gasteiger partial charge in [0.05, 0.1) is 6.54 Å². The molecule has 0 saturated carbocycles. The van der Waals surface area contributed by atoms with Gasteiger partial charge in [-0.1, -0.05) is 6.07 Å². The number of aldehydes is 1. The van der Waals surface area contributed by atoms with E-state index in [-0.39, 0.29) is 6.54 Å². The lowest BCUT2D eigenvalue weighted by Crippen LogP contribution is -2.18. The Hall–Kier alpha value is -1.38. The van der Waals surface area contributed by atoms with Crippen LogP contribution >= 0.6 is 0 Å². The van der Waals surface area contributed by atoms with E-state index in [1.807, 2.05) is 0 Å². The molecular weight excluding hydrogens is 128 g/mol. The molecule has 52 valence electrons. The third-order valence-corrected chi connectivity index (χ3v) is 1.21. The van der Waals surface area contributed by atoms with Crippen molar-refractivity contribution >= 4 is 6.29 Å². The normalized spacial score (nSPS) is 9.20. The monoisotopic (exact) mass is 136 g/mol. The zero-order valence-electron chi connectivity index (χ0n) is 5.45. The third-order valence-electron chi connectivity index (χ3n) is 1.21. The van der Waals surface area contributed by atoms with Gasteiger partial charge in [0.25, 0.3) is 0 Å². The Morgan fingerprint density at radius 3 is 3.00 bits per heavy atom. The van der Waals surface area contributed by atoms with E-state index in [1.54, 1.807) is 29.0 Å². The SMILES string of the molecule is N=c1ccccn1CC=O. The molecule has 1 heterocycles. The Labute approximate surface area is 58.4 Å². The molecular formula is C7H8N2O. The van der Waals surface area contributed by atoms with Crippen LogP contribution in [-0.4, -0.2) is 10.9 Å². The summed E-state index contributed by atoms with van der Waals surface area (Å²) in [7, 11) is 0. The summed E-state index contributed by atoms with van der Waals surface area (Å²) in [5, 5.41) is 7.28. The quantitative estimate of drug-likeness (QED) is 0.578. The van der Waals surface area contributed by atoms with E-state index in [9.17, 15) is 4.79 Å². The van der Waals surface area contributed by atoms with Crippen LogP contribution < -0.4 is 5.49 Å². The number of aromatic nitrogens is 1. The lowest BCUT2D eigenvalue weighted by Gasteiger charge is -1.97. The zero-order chi connectivity index (χ0) is 7.40. The van der Waals surface area contributed by atoms with Gasteiger partial charge < -0.3 is 9.36 Å². The van der Waals surface area contributed by atoms with Crippen LogP contribution in [0.4, 0.5) is 0 Å². The van der Waals surface area contributed by atoms with Gasteiger partial charge in [0.15, 0.2) is 0 Å². The van der Waals surface area contributed by atoms with Crippen LogP contribution in [0, 0.1) is 5.41 Å². The van der Waals surface area contributed by atoms with Crippen molar-refractivity contribution in [1.82, 2.24) is 4.57 Å². The minimum Gasteiger partial charge on any atom is -0.326 e. The first-order chi connectivity index (χ1) is 4.84. The van der Waals surface area contributed by atoms with Crippen LogP contribution in [0.2, 0.25) is 0 Å².